The minimum atomic E-state index is -0.495. The van der Waals surface area contributed by atoms with Crippen molar-refractivity contribution in [2.75, 3.05) is 31.1 Å². The van der Waals surface area contributed by atoms with Gasteiger partial charge in [-0.1, -0.05) is 0 Å². The first-order valence-corrected chi connectivity index (χ1v) is 10.4. The van der Waals surface area contributed by atoms with Gasteiger partial charge in [0.05, 0.1) is 17.1 Å². The average molecular weight is 406 g/mol. The van der Waals surface area contributed by atoms with Crippen molar-refractivity contribution < 1.29 is 9.90 Å². The molecule has 0 saturated carbocycles. The summed E-state index contributed by atoms with van der Waals surface area (Å²) in [5.41, 5.74) is 1.45. The van der Waals surface area contributed by atoms with E-state index in [1.807, 2.05) is 17.8 Å². The van der Waals surface area contributed by atoms with Crippen LogP contribution in [0.15, 0.2) is 43.1 Å². The van der Waals surface area contributed by atoms with E-state index in [0.29, 0.717) is 18.7 Å². The average Bonchev–Trinajstić information content (AvgIpc) is 3.15. The van der Waals surface area contributed by atoms with E-state index in [1.165, 1.54) is 0 Å². The number of aliphatic hydroxyl groups is 1. The van der Waals surface area contributed by atoms with E-state index in [1.54, 1.807) is 35.8 Å². The Morgan fingerprint density at radius 3 is 2.83 bits per heavy atom. The van der Waals surface area contributed by atoms with E-state index in [0.717, 1.165) is 49.2 Å². The minimum Gasteiger partial charge on any atom is -0.391 e. The summed E-state index contributed by atoms with van der Waals surface area (Å²) in [5.74, 6) is 0.917. The Labute approximate surface area is 175 Å². The Hall–Kier alpha value is -3.00. The van der Waals surface area contributed by atoms with E-state index in [2.05, 4.69) is 25.9 Å². The molecule has 1 spiro atoms. The van der Waals surface area contributed by atoms with Crippen LogP contribution in [0.1, 0.15) is 29.6 Å². The van der Waals surface area contributed by atoms with Gasteiger partial charge in [0.25, 0.3) is 5.91 Å². The van der Waals surface area contributed by atoms with Gasteiger partial charge in [0, 0.05) is 51.8 Å². The first-order valence-electron chi connectivity index (χ1n) is 10.4. The molecular weight excluding hydrogens is 380 g/mol. The molecule has 1 N–H and O–H groups in total. The Morgan fingerprint density at radius 1 is 1.23 bits per heavy atom. The molecule has 3 aromatic rings. The van der Waals surface area contributed by atoms with E-state index in [9.17, 15) is 9.90 Å². The van der Waals surface area contributed by atoms with Crippen molar-refractivity contribution in [3.8, 4) is 0 Å². The van der Waals surface area contributed by atoms with Gasteiger partial charge in [-0.2, -0.15) is 0 Å². The molecule has 2 fully saturated rings. The number of nitrogens with zero attached hydrogens (tertiary/aromatic N) is 6. The Bertz CT molecular complexity index is 1060. The lowest BCUT2D eigenvalue weighted by molar-refractivity contribution is -0.0150. The topological polar surface area (TPSA) is 87.4 Å². The second kappa shape index (κ2) is 7.36. The minimum absolute atomic E-state index is 0.0505. The van der Waals surface area contributed by atoms with Crippen molar-refractivity contribution in [2.24, 2.45) is 12.5 Å². The van der Waals surface area contributed by atoms with Crippen molar-refractivity contribution >= 4 is 22.8 Å². The number of carbonyl (C=O) groups is 1. The number of aliphatic hydroxyl groups excluding tert-OH is 1. The molecule has 0 aliphatic carbocycles. The molecule has 0 bridgehead atoms. The fourth-order valence-corrected chi connectivity index (χ4v) is 5.05. The van der Waals surface area contributed by atoms with Crippen molar-refractivity contribution in [3.05, 3.63) is 48.7 Å². The maximum Gasteiger partial charge on any atom is 0.255 e. The van der Waals surface area contributed by atoms with E-state index in [-0.39, 0.29) is 11.3 Å². The lowest BCUT2D eigenvalue weighted by Crippen LogP contribution is -2.55. The first-order chi connectivity index (χ1) is 14.5. The highest BCUT2D eigenvalue weighted by Gasteiger charge is 2.43. The van der Waals surface area contributed by atoms with E-state index in [4.69, 9.17) is 0 Å². The monoisotopic (exact) mass is 406 g/mol. The van der Waals surface area contributed by atoms with E-state index >= 15 is 0 Å². The number of aromatic nitrogens is 4. The summed E-state index contributed by atoms with van der Waals surface area (Å²) in [6, 6.07) is 5.62. The third kappa shape index (κ3) is 3.31. The first kappa shape index (κ1) is 19.0. The van der Waals surface area contributed by atoms with Gasteiger partial charge in [-0.3, -0.25) is 9.78 Å². The second-order valence-electron chi connectivity index (χ2n) is 8.63. The van der Waals surface area contributed by atoms with Crippen LogP contribution in [-0.2, 0) is 7.05 Å². The summed E-state index contributed by atoms with van der Waals surface area (Å²) < 4.78 is 2.01. The molecule has 8 heteroatoms. The molecular formula is C22H26N6O2. The van der Waals surface area contributed by atoms with Gasteiger partial charge in [-0.05, 0) is 42.9 Å². The van der Waals surface area contributed by atoms with Gasteiger partial charge < -0.3 is 19.5 Å². The number of rotatable bonds is 2. The fourth-order valence-electron chi connectivity index (χ4n) is 5.05. The number of hydrogen-bond acceptors (Lipinski definition) is 6. The number of piperidine rings is 2. The molecule has 156 valence electrons. The number of anilines is 1. The highest BCUT2D eigenvalue weighted by Crippen LogP contribution is 2.41. The zero-order chi connectivity index (χ0) is 20.7. The van der Waals surface area contributed by atoms with Crippen LogP contribution in [0.25, 0.3) is 11.0 Å². The molecule has 5 rings (SSSR count). The number of fused-ring (bicyclic) bond motifs is 1. The zero-order valence-electron chi connectivity index (χ0n) is 17.1. The predicted octanol–water partition coefficient (Wildman–Crippen LogP) is 1.86. The van der Waals surface area contributed by atoms with Crippen LogP contribution in [0.3, 0.4) is 0 Å². The van der Waals surface area contributed by atoms with E-state index < -0.39 is 6.10 Å². The number of aryl methyl sites for hydroxylation is 1. The summed E-state index contributed by atoms with van der Waals surface area (Å²) >= 11 is 0. The Morgan fingerprint density at radius 2 is 2.07 bits per heavy atom. The van der Waals surface area contributed by atoms with Gasteiger partial charge in [0.1, 0.15) is 17.8 Å². The van der Waals surface area contributed by atoms with Gasteiger partial charge in [-0.15, -0.1) is 0 Å². The highest BCUT2D eigenvalue weighted by molar-refractivity contribution is 5.94. The summed E-state index contributed by atoms with van der Waals surface area (Å²) in [6.07, 6.45) is 8.97. The maximum absolute atomic E-state index is 13.0. The van der Waals surface area contributed by atoms with Crippen LogP contribution in [0.5, 0.6) is 0 Å². The molecule has 8 nitrogen and oxygen atoms in total. The SMILES string of the molecule is Cn1ccc2c(N3CCC4(CC3)CC(O)CN(C(=O)c3cccnc3)C4)ncnc21. The molecule has 3 aromatic heterocycles. The molecule has 2 aliphatic rings. The Kier molecular flexibility index (Phi) is 4.66. The molecule has 0 aromatic carbocycles. The van der Waals surface area contributed by atoms with Gasteiger partial charge in [0.15, 0.2) is 0 Å². The molecule has 30 heavy (non-hydrogen) atoms. The summed E-state index contributed by atoms with van der Waals surface area (Å²) in [4.78, 5) is 30.1. The molecule has 1 unspecified atom stereocenters. The molecule has 1 atom stereocenters. The van der Waals surface area contributed by atoms with Crippen LogP contribution >= 0.6 is 0 Å². The van der Waals surface area contributed by atoms with Crippen molar-refractivity contribution in [3.63, 3.8) is 0 Å². The van der Waals surface area contributed by atoms with Crippen LogP contribution in [0.2, 0.25) is 0 Å². The van der Waals surface area contributed by atoms with Gasteiger partial charge in [0.2, 0.25) is 0 Å². The fraction of sp³-hybridized carbons (Fsp3) is 0.455. The number of β-amino-alcohol motifs (C(OH)–C–C–N with tert-alkyl or cyclic N) is 1. The number of likely N-dealkylation sites (tertiary alicyclic amines) is 1. The third-order valence-corrected chi connectivity index (χ3v) is 6.59. The standard InChI is InChI=1S/C22H26N6O2/c1-26-8-4-18-19(26)24-15-25-20(18)27-9-5-22(6-10-27)11-17(29)13-28(14-22)21(30)16-3-2-7-23-12-16/h2-4,7-8,12,15,17,29H,5-6,9-11,13-14H2,1H3. The smallest absolute Gasteiger partial charge is 0.255 e. The van der Waals surface area contributed by atoms with Crippen LogP contribution in [0, 0.1) is 5.41 Å². The van der Waals surface area contributed by atoms with Gasteiger partial charge >= 0.3 is 0 Å². The quantitative estimate of drug-likeness (QED) is 0.699. The second-order valence-corrected chi connectivity index (χ2v) is 8.63. The third-order valence-electron chi connectivity index (χ3n) is 6.59. The highest BCUT2D eigenvalue weighted by atomic mass is 16.3. The molecule has 2 saturated heterocycles. The van der Waals surface area contributed by atoms with Gasteiger partial charge in [-0.25, -0.2) is 9.97 Å². The summed E-state index contributed by atoms with van der Waals surface area (Å²) in [6.45, 7) is 2.76. The van der Waals surface area contributed by atoms with Crippen LogP contribution < -0.4 is 4.90 Å². The lowest BCUT2D eigenvalue weighted by Gasteiger charge is -2.49. The molecule has 2 aliphatic heterocycles. The predicted molar refractivity (Wildman–Crippen MR) is 113 cm³/mol. The normalized spacial score (nSPS) is 21.3. The van der Waals surface area contributed by atoms with Crippen LogP contribution in [0.4, 0.5) is 5.82 Å². The van der Waals surface area contributed by atoms with Crippen molar-refractivity contribution in [2.45, 2.75) is 25.4 Å². The van der Waals surface area contributed by atoms with Crippen molar-refractivity contribution in [1.82, 2.24) is 24.4 Å². The number of amides is 1. The maximum atomic E-state index is 13.0. The van der Waals surface area contributed by atoms with Crippen molar-refractivity contribution in [1.29, 1.82) is 0 Å². The number of carbonyl (C=O) groups excluding carboxylic acids is 1. The molecule has 0 radical (unpaired) electrons. The molecule has 1 amide bonds. The summed E-state index contributed by atoms with van der Waals surface area (Å²) in [7, 11) is 1.99. The largest absolute Gasteiger partial charge is 0.391 e. The zero-order valence-corrected chi connectivity index (χ0v) is 17.1. The van der Waals surface area contributed by atoms with Crippen LogP contribution in [-0.4, -0.2) is 67.7 Å². The summed E-state index contributed by atoms with van der Waals surface area (Å²) in [5, 5.41) is 11.6. The number of pyridine rings is 1. The number of hydrogen-bond donors (Lipinski definition) is 1. The molecule has 5 heterocycles. The Balaban J connectivity index is 1.33. The lowest BCUT2D eigenvalue weighted by atomic mass is 9.71.